The Labute approximate surface area is 118 Å². The number of rotatable bonds is 1. The molecule has 106 valence electrons. The quantitative estimate of drug-likeness (QED) is 0.668. The normalized spacial score (nSPS) is 11.0. The summed E-state index contributed by atoms with van der Waals surface area (Å²) in [6.45, 7) is 1.57. The van der Waals surface area contributed by atoms with Crippen LogP contribution in [0.2, 0.25) is 0 Å². The van der Waals surface area contributed by atoms with Gasteiger partial charge in [-0.25, -0.2) is 13.8 Å². The van der Waals surface area contributed by atoms with Gasteiger partial charge in [-0.15, -0.1) is 0 Å². The molecule has 21 heavy (non-hydrogen) atoms. The maximum atomic E-state index is 13.7. The van der Waals surface area contributed by atoms with Crippen molar-refractivity contribution in [2.24, 2.45) is 0 Å². The van der Waals surface area contributed by atoms with Crippen LogP contribution in [0.25, 0.3) is 16.6 Å². The van der Waals surface area contributed by atoms with Gasteiger partial charge in [-0.3, -0.25) is 4.79 Å². The second-order valence-electron chi connectivity index (χ2n) is 4.81. The van der Waals surface area contributed by atoms with Crippen molar-refractivity contribution >= 4 is 16.6 Å². The smallest absolute Gasteiger partial charge is 0.333 e. The zero-order valence-corrected chi connectivity index (χ0v) is 11.2. The predicted molar refractivity (Wildman–Crippen MR) is 79.3 cm³/mol. The molecule has 1 heterocycles. The van der Waals surface area contributed by atoms with Crippen LogP contribution in [0.3, 0.4) is 0 Å². The van der Waals surface area contributed by atoms with Crippen LogP contribution in [-0.2, 0) is 0 Å². The molecule has 5 nitrogen and oxygen atoms in total. The summed E-state index contributed by atoms with van der Waals surface area (Å²) in [6, 6.07) is 8.87. The molecule has 0 amide bonds. The minimum Gasteiger partial charge on any atom is -0.399 e. The van der Waals surface area contributed by atoms with Crippen LogP contribution in [0.15, 0.2) is 46.0 Å². The molecule has 3 N–H and O–H groups in total. The van der Waals surface area contributed by atoms with Crippen LogP contribution in [0.5, 0.6) is 0 Å². The average Bonchev–Trinajstić information content (AvgIpc) is 2.43. The molecule has 0 aliphatic heterocycles. The largest absolute Gasteiger partial charge is 0.399 e. The van der Waals surface area contributed by atoms with Gasteiger partial charge in [0.1, 0.15) is 5.82 Å². The van der Waals surface area contributed by atoms with Crippen molar-refractivity contribution in [3.63, 3.8) is 0 Å². The molecular weight excluding hydrogens is 273 g/mol. The lowest BCUT2D eigenvalue weighted by Gasteiger charge is -2.07. The summed E-state index contributed by atoms with van der Waals surface area (Å²) >= 11 is 0. The molecule has 0 unspecified atom stereocenters. The molecule has 3 aromatic rings. The van der Waals surface area contributed by atoms with Crippen molar-refractivity contribution in [2.45, 2.75) is 6.92 Å². The van der Waals surface area contributed by atoms with E-state index in [1.165, 1.54) is 6.07 Å². The van der Waals surface area contributed by atoms with Crippen LogP contribution >= 0.6 is 0 Å². The van der Waals surface area contributed by atoms with E-state index in [-0.39, 0.29) is 5.39 Å². The Morgan fingerprint density at radius 3 is 2.48 bits per heavy atom. The number of nitrogens with one attached hydrogen (secondary N) is 1. The third kappa shape index (κ3) is 2.10. The molecule has 0 aliphatic rings. The van der Waals surface area contributed by atoms with Gasteiger partial charge in [-0.2, -0.15) is 0 Å². The third-order valence-corrected chi connectivity index (χ3v) is 3.33. The maximum absolute atomic E-state index is 13.7. The van der Waals surface area contributed by atoms with Crippen LogP contribution in [-0.4, -0.2) is 9.55 Å². The first-order valence-electron chi connectivity index (χ1n) is 6.28. The van der Waals surface area contributed by atoms with Gasteiger partial charge in [-0.1, -0.05) is 0 Å². The number of aromatic nitrogens is 2. The summed E-state index contributed by atoms with van der Waals surface area (Å²) in [4.78, 5) is 27.2. The zero-order chi connectivity index (χ0) is 15.1. The third-order valence-electron chi connectivity index (χ3n) is 3.33. The first-order chi connectivity index (χ1) is 9.97. The SMILES string of the molecule is Cc1cc2[nH]c(=O)n(-c3ccc(N)cc3)c(=O)c2cc1F. The molecule has 0 bridgehead atoms. The van der Waals surface area contributed by atoms with E-state index in [0.717, 1.165) is 10.6 Å². The number of nitrogens with zero attached hydrogens (tertiary/aromatic N) is 1. The lowest BCUT2D eigenvalue weighted by atomic mass is 10.1. The van der Waals surface area contributed by atoms with E-state index < -0.39 is 17.1 Å². The van der Waals surface area contributed by atoms with Gasteiger partial charge in [0.25, 0.3) is 5.56 Å². The van der Waals surface area contributed by atoms with Crippen molar-refractivity contribution in [1.29, 1.82) is 0 Å². The molecule has 0 saturated carbocycles. The molecule has 1 aromatic heterocycles. The Kier molecular flexibility index (Phi) is 2.86. The van der Waals surface area contributed by atoms with Crippen molar-refractivity contribution in [3.05, 3.63) is 68.6 Å². The molecule has 0 spiro atoms. The number of H-pyrrole nitrogens is 1. The minimum absolute atomic E-state index is 0.120. The van der Waals surface area contributed by atoms with Gasteiger partial charge in [0.15, 0.2) is 0 Å². The van der Waals surface area contributed by atoms with E-state index in [9.17, 15) is 14.0 Å². The van der Waals surface area contributed by atoms with Gasteiger partial charge in [0, 0.05) is 5.69 Å². The fourth-order valence-electron chi connectivity index (χ4n) is 2.20. The molecule has 0 saturated heterocycles. The molecule has 0 atom stereocenters. The number of hydrogen-bond donors (Lipinski definition) is 2. The van der Waals surface area contributed by atoms with Crippen molar-refractivity contribution < 1.29 is 4.39 Å². The van der Waals surface area contributed by atoms with E-state index in [2.05, 4.69) is 4.98 Å². The van der Waals surface area contributed by atoms with Gasteiger partial charge >= 0.3 is 5.69 Å². The molecule has 2 aromatic carbocycles. The summed E-state index contributed by atoms with van der Waals surface area (Å²) in [7, 11) is 0. The number of anilines is 1. The number of halogens is 1. The number of fused-ring (bicyclic) bond motifs is 1. The van der Waals surface area contributed by atoms with Crippen LogP contribution in [0.1, 0.15) is 5.56 Å². The number of nitrogens with two attached hydrogens (primary N) is 1. The van der Waals surface area contributed by atoms with Crippen molar-refractivity contribution in [2.75, 3.05) is 5.73 Å². The molecular formula is C15H12FN3O2. The first-order valence-corrected chi connectivity index (χ1v) is 6.28. The number of aromatic amines is 1. The van der Waals surface area contributed by atoms with Crippen molar-refractivity contribution in [1.82, 2.24) is 9.55 Å². The Bertz CT molecular complexity index is 956. The van der Waals surface area contributed by atoms with Gasteiger partial charge in [-0.05, 0) is 48.9 Å². The summed E-state index contributed by atoms with van der Waals surface area (Å²) < 4.78 is 14.6. The highest BCUT2D eigenvalue weighted by molar-refractivity contribution is 5.78. The summed E-state index contributed by atoms with van der Waals surface area (Å²) in [5, 5.41) is 0.120. The first kappa shape index (κ1) is 13.1. The monoisotopic (exact) mass is 285 g/mol. The van der Waals surface area contributed by atoms with Crippen LogP contribution in [0, 0.1) is 12.7 Å². The number of aryl methyl sites for hydroxylation is 1. The average molecular weight is 285 g/mol. The van der Waals surface area contributed by atoms with E-state index in [4.69, 9.17) is 5.73 Å². The van der Waals surface area contributed by atoms with E-state index in [0.29, 0.717) is 22.5 Å². The van der Waals surface area contributed by atoms with Gasteiger partial charge < -0.3 is 10.7 Å². The highest BCUT2D eigenvalue weighted by Gasteiger charge is 2.11. The Morgan fingerprint density at radius 1 is 1.14 bits per heavy atom. The second-order valence-corrected chi connectivity index (χ2v) is 4.81. The lowest BCUT2D eigenvalue weighted by molar-refractivity contribution is 0.620. The second kappa shape index (κ2) is 4.59. The van der Waals surface area contributed by atoms with Crippen molar-refractivity contribution in [3.8, 4) is 5.69 Å². The highest BCUT2D eigenvalue weighted by atomic mass is 19.1. The van der Waals surface area contributed by atoms with E-state index in [1.54, 1.807) is 31.2 Å². The topological polar surface area (TPSA) is 80.9 Å². The zero-order valence-electron chi connectivity index (χ0n) is 11.2. The van der Waals surface area contributed by atoms with Crippen LogP contribution in [0.4, 0.5) is 10.1 Å². The molecule has 0 radical (unpaired) electrons. The molecule has 0 aliphatic carbocycles. The molecule has 0 fully saturated rings. The standard InChI is InChI=1S/C15H12FN3O2/c1-8-6-13-11(7-12(8)16)14(20)19(15(21)18-13)10-4-2-9(17)3-5-10/h2-7H,17H2,1H3,(H,18,21). The minimum atomic E-state index is -0.580. The number of benzene rings is 2. The maximum Gasteiger partial charge on any atom is 0.333 e. The van der Waals surface area contributed by atoms with Gasteiger partial charge in [0.05, 0.1) is 16.6 Å². The fourth-order valence-corrected chi connectivity index (χ4v) is 2.20. The van der Waals surface area contributed by atoms with E-state index in [1.807, 2.05) is 0 Å². The summed E-state index contributed by atoms with van der Waals surface area (Å²) in [6.07, 6.45) is 0. The number of hydrogen-bond acceptors (Lipinski definition) is 3. The molecule has 6 heteroatoms. The Morgan fingerprint density at radius 2 is 1.81 bits per heavy atom. The Balaban J connectivity index is 2.39. The summed E-state index contributed by atoms with van der Waals surface area (Å²) in [5.41, 5.74) is 6.00. The van der Waals surface area contributed by atoms with Crippen LogP contribution < -0.4 is 17.0 Å². The van der Waals surface area contributed by atoms with E-state index >= 15 is 0 Å². The molecule has 3 rings (SSSR count). The predicted octanol–water partition coefficient (Wildman–Crippen LogP) is 1.71. The van der Waals surface area contributed by atoms with Gasteiger partial charge in [0.2, 0.25) is 0 Å². The highest BCUT2D eigenvalue weighted by Crippen LogP contribution is 2.14. The summed E-state index contributed by atoms with van der Waals surface area (Å²) in [5.74, 6) is -0.490. The number of nitrogen functional groups attached to an aromatic ring is 1. The Hall–Kier alpha value is -2.89. The fraction of sp³-hybridized carbons (Fsp3) is 0.0667. The lowest BCUT2D eigenvalue weighted by Crippen LogP contribution is -2.33.